The van der Waals surface area contributed by atoms with Gasteiger partial charge in [-0.1, -0.05) is 27.7 Å². The molecule has 6 rings (SSSR count). The summed E-state index contributed by atoms with van der Waals surface area (Å²) < 4.78 is 12.2. The van der Waals surface area contributed by atoms with Crippen LogP contribution in [0.2, 0.25) is 0 Å². The number of ketones is 1. The van der Waals surface area contributed by atoms with Gasteiger partial charge in [-0.25, -0.2) is 0 Å². The Bertz CT molecular complexity index is 896. The average Bonchev–Trinajstić information content (AvgIpc) is 3.54. The number of allylic oxidation sites excluding steroid dienone is 3. The van der Waals surface area contributed by atoms with Gasteiger partial charge in [-0.3, -0.25) is 9.59 Å². The van der Waals surface area contributed by atoms with Crippen molar-refractivity contribution in [2.24, 2.45) is 52.3 Å². The Balaban J connectivity index is 1.44. The number of rotatable bonds is 2. The highest BCUT2D eigenvalue weighted by atomic mass is 16.6. The first-order chi connectivity index (χ1) is 13.7. The van der Waals surface area contributed by atoms with E-state index < -0.39 is 0 Å². The Morgan fingerprint density at radius 2 is 1.97 bits per heavy atom. The van der Waals surface area contributed by atoms with E-state index in [1.807, 2.05) is 6.08 Å². The topological polar surface area (TPSA) is 55.9 Å². The van der Waals surface area contributed by atoms with Crippen LogP contribution in [-0.2, 0) is 19.1 Å². The van der Waals surface area contributed by atoms with Crippen LogP contribution in [0.4, 0.5) is 0 Å². The van der Waals surface area contributed by atoms with E-state index in [1.165, 1.54) is 5.57 Å². The van der Waals surface area contributed by atoms with Gasteiger partial charge in [0, 0.05) is 35.2 Å². The standard InChI is InChI=1S/C25H32O4/c1-11(2)13-8-17-20-15(6-7-24(17,4)23(13)28-12(3)26)25(5)16-9-14(16)19(27)10-18(25)21-22(20)29-21/h10-11,13-17,20,23H,6-9H2,1-5H3/t13-,14-,15+,16?,17+,20-,23?,24+,25+/m1/s1. The molecule has 3 saturated carbocycles. The van der Waals surface area contributed by atoms with Crippen molar-refractivity contribution in [3.05, 3.63) is 23.2 Å². The second-order valence-corrected chi connectivity index (χ2v) is 11.4. The lowest BCUT2D eigenvalue weighted by atomic mass is 9.49. The summed E-state index contributed by atoms with van der Waals surface area (Å²) in [7, 11) is 0. The predicted octanol–water partition coefficient (Wildman–Crippen LogP) is 4.65. The van der Waals surface area contributed by atoms with E-state index in [2.05, 4.69) is 27.7 Å². The zero-order chi connectivity index (χ0) is 20.5. The fourth-order valence-electron chi connectivity index (χ4n) is 8.31. The number of carbonyl (C=O) groups excluding carboxylic acids is 2. The van der Waals surface area contributed by atoms with Crippen LogP contribution >= 0.6 is 0 Å². The Labute approximate surface area is 173 Å². The Morgan fingerprint density at radius 1 is 1.21 bits per heavy atom. The molecule has 4 nitrogen and oxygen atoms in total. The molecular formula is C25H32O4. The molecule has 0 aromatic heterocycles. The molecule has 0 N–H and O–H groups in total. The Hall–Kier alpha value is -1.58. The monoisotopic (exact) mass is 396 g/mol. The minimum Gasteiger partial charge on any atom is -0.462 e. The normalized spacial score (nSPS) is 51.2. The summed E-state index contributed by atoms with van der Waals surface area (Å²) in [5.74, 6) is 5.45. The molecule has 0 bridgehead atoms. The second kappa shape index (κ2) is 5.36. The van der Waals surface area contributed by atoms with Gasteiger partial charge in [-0.2, -0.15) is 0 Å². The smallest absolute Gasteiger partial charge is 0.302 e. The molecule has 2 unspecified atom stereocenters. The molecule has 5 aliphatic carbocycles. The van der Waals surface area contributed by atoms with Crippen molar-refractivity contribution < 1.29 is 19.1 Å². The van der Waals surface area contributed by atoms with Gasteiger partial charge >= 0.3 is 5.97 Å². The lowest BCUT2D eigenvalue weighted by molar-refractivity contribution is -0.160. The fraction of sp³-hybridized carbons (Fsp3) is 0.760. The van der Waals surface area contributed by atoms with E-state index >= 15 is 0 Å². The lowest BCUT2D eigenvalue weighted by Crippen LogP contribution is -2.51. The maximum Gasteiger partial charge on any atom is 0.302 e. The first kappa shape index (κ1) is 18.2. The molecule has 29 heavy (non-hydrogen) atoms. The second-order valence-electron chi connectivity index (χ2n) is 11.4. The van der Waals surface area contributed by atoms with Crippen LogP contribution in [0.3, 0.4) is 0 Å². The number of esters is 1. The third-order valence-corrected chi connectivity index (χ3v) is 9.93. The van der Waals surface area contributed by atoms with Gasteiger partial charge in [-0.15, -0.1) is 0 Å². The minimum absolute atomic E-state index is 0.0000947. The molecule has 0 radical (unpaired) electrons. The van der Waals surface area contributed by atoms with E-state index in [9.17, 15) is 9.59 Å². The van der Waals surface area contributed by atoms with Crippen molar-refractivity contribution in [1.82, 2.24) is 0 Å². The first-order valence-corrected chi connectivity index (χ1v) is 11.5. The number of hydrogen-bond donors (Lipinski definition) is 0. The Morgan fingerprint density at radius 3 is 2.66 bits per heavy atom. The molecule has 9 atom stereocenters. The van der Waals surface area contributed by atoms with Crippen molar-refractivity contribution in [1.29, 1.82) is 0 Å². The molecule has 0 spiro atoms. The van der Waals surface area contributed by atoms with E-state index in [1.54, 1.807) is 6.92 Å². The third kappa shape index (κ3) is 2.11. The van der Waals surface area contributed by atoms with E-state index in [0.29, 0.717) is 41.3 Å². The summed E-state index contributed by atoms with van der Waals surface area (Å²) in [5, 5.41) is 0. The van der Waals surface area contributed by atoms with Crippen LogP contribution in [0.25, 0.3) is 0 Å². The molecule has 1 heterocycles. The highest BCUT2D eigenvalue weighted by molar-refractivity contribution is 5.97. The Kier molecular flexibility index (Phi) is 3.37. The van der Waals surface area contributed by atoms with Crippen molar-refractivity contribution >= 4 is 11.8 Å². The summed E-state index contributed by atoms with van der Waals surface area (Å²) >= 11 is 0. The molecule has 0 aromatic rings. The van der Waals surface area contributed by atoms with Gasteiger partial charge in [0.2, 0.25) is 0 Å². The van der Waals surface area contributed by atoms with E-state index in [-0.39, 0.29) is 28.8 Å². The number of ether oxygens (including phenoxy) is 2. The first-order valence-electron chi connectivity index (χ1n) is 11.5. The maximum atomic E-state index is 12.5. The molecule has 0 saturated heterocycles. The van der Waals surface area contributed by atoms with Gasteiger partial charge in [-0.05, 0) is 61.3 Å². The molecule has 156 valence electrons. The van der Waals surface area contributed by atoms with E-state index in [4.69, 9.17) is 9.47 Å². The molecule has 0 aromatic carbocycles. The molecule has 3 fully saturated rings. The van der Waals surface area contributed by atoms with Gasteiger partial charge in [0.1, 0.15) is 6.10 Å². The zero-order valence-electron chi connectivity index (χ0n) is 18.2. The molecular weight excluding hydrogens is 364 g/mol. The quantitative estimate of drug-likeness (QED) is 0.638. The van der Waals surface area contributed by atoms with Gasteiger partial charge in [0.05, 0.1) is 0 Å². The van der Waals surface area contributed by atoms with Gasteiger partial charge < -0.3 is 9.47 Å². The SMILES string of the molecule is CC(=O)OC1[C@@H](C(C)C)C[C@H]2[C@@H]3C4=C(O4)C4=CC(=O)[C@@H]5CC5[C@]4(C)[C@H]3CC[C@]12C. The third-order valence-electron chi connectivity index (χ3n) is 9.93. The highest BCUT2D eigenvalue weighted by Gasteiger charge is 2.72. The minimum atomic E-state index is -0.153. The number of carbonyl (C=O) groups is 2. The van der Waals surface area contributed by atoms with Crippen LogP contribution in [0.1, 0.15) is 60.3 Å². The van der Waals surface area contributed by atoms with Gasteiger partial charge in [0.15, 0.2) is 17.3 Å². The van der Waals surface area contributed by atoms with Crippen LogP contribution in [0, 0.1) is 52.3 Å². The fourth-order valence-corrected chi connectivity index (χ4v) is 8.31. The summed E-state index contributed by atoms with van der Waals surface area (Å²) in [6, 6.07) is 0. The lowest BCUT2D eigenvalue weighted by Gasteiger charge is -2.54. The summed E-state index contributed by atoms with van der Waals surface area (Å²) in [6.07, 6.45) is 6.31. The van der Waals surface area contributed by atoms with Crippen LogP contribution in [0.15, 0.2) is 23.2 Å². The van der Waals surface area contributed by atoms with Crippen LogP contribution in [0.5, 0.6) is 0 Å². The molecule has 1 aliphatic heterocycles. The number of hydrogen-bond acceptors (Lipinski definition) is 4. The average molecular weight is 397 g/mol. The van der Waals surface area contributed by atoms with Gasteiger partial charge in [0.25, 0.3) is 0 Å². The van der Waals surface area contributed by atoms with Crippen molar-refractivity contribution in [2.75, 3.05) is 0 Å². The van der Waals surface area contributed by atoms with E-state index in [0.717, 1.165) is 37.2 Å². The van der Waals surface area contributed by atoms with Crippen molar-refractivity contribution in [3.63, 3.8) is 0 Å². The summed E-state index contributed by atoms with van der Waals surface area (Å²) in [6.45, 7) is 10.9. The van der Waals surface area contributed by atoms with Crippen molar-refractivity contribution in [2.45, 2.75) is 66.4 Å². The van der Waals surface area contributed by atoms with Crippen molar-refractivity contribution in [3.8, 4) is 0 Å². The summed E-state index contributed by atoms with van der Waals surface area (Å²) in [4.78, 5) is 24.4. The molecule has 0 amide bonds. The zero-order valence-corrected chi connectivity index (χ0v) is 18.2. The molecule has 6 aliphatic rings. The molecule has 4 heteroatoms. The maximum absolute atomic E-state index is 12.5. The number of fused-ring (bicyclic) bond motifs is 9. The highest BCUT2D eigenvalue weighted by Crippen LogP contribution is 2.75. The predicted molar refractivity (Wildman–Crippen MR) is 107 cm³/mol. The van der Waals surface area contributed by atoms with Crippen LogP contribution in [-0.4, -0.2) is 17.9 Å². The van der Waals surface area contributed by atoms with Crippen LogP contribution < -0.4 is 0 Å². The largest absolute Gasteiger partial charge is 0.462 e. The summed E-state index contributed by atoms with van der Waals surface area (Å²) in [5.41, 5.74) is 1.29.